The molecule has 3 heteroatoms. The maximum atomic E-state index is 12.4. The quantitative estimate of drug-likeness (QED) is 0.800. The molecule has 0 bridgehead atoms. The van der Waals surface area contributed by atoms with Gasteiger partial charge in [-0.25, -0.2) is 4.79 Å². The SMILES string of the molecule is CCOC(=O)C(C)(NCC1CC1)c1ccccc1C. The first-order valence-corrected chi connectivity index (χ1v) is 7.06. The van der Waals surface area contributed by atoms with Crippen molar-refractivity contribution in [3.8, 4) is 0 Å². The molecule has 0 radical (unpaired) electrons. The lowest BCUT2D eigenvalue weighted by Gasteiger charge is -2.30. The van der Waals surface area contributed by atoms with E-state index < -0.39 is 5.54 Å². The third-order valence-electron chi connectivity index (χ3n) is 3.81. The smallest absolute Gasteiger partial charge is 0.330 e. The molecule has 0 aliphatic heterocycles. The minimum atomic E-state index is -0.746. The van der Waals surface area contributed by atoms with Crippen molar-refractivity contribution < 1.29 is 9.53 Å². The highest BCUT2D eigenvalue weighted by Gasteiger charge is 2.38. The third-order valence-corrected chi connectivity index (χ3v) is 3.81. The summed E-state index contributed by atoms with van der Waals surface area (Å²) in [6, 6.07) is 8.00. The Bertz CT molecular complexity index is 454. The normalized spacial score (nSPS) is 17.8. The number of carbonyl (C=O) groups is 1. The Labute approximate surface area is 115 Å². The molecule has 1 aromatic rings. The lowest BCUT2D eigenvalue weighted by molar-refractivity contribution is -0.151. The van der Waals surface area contributed by atoms with Crippen LogP contribution in [0.4, 0.5) is 0 Å². The van der Waals surface area contributed by atoms with Gasteiger partial charge in [-0.3, -0.25) is 5.32 Å². The summed E-state index contributed by atoms with van der Waals surface area (Å²) in [6.07, 6.45) is 2.53. The number of aryl methyl sites for hydroxylation is 1. The summed E-state index contributed by atoms with van der Waals surface area (Å²) in [5, 5.41) is 3.43. The minimum absolute atomic E-state index is 0.190. The summed E-state index contributed by atoms with van der Waals surface area (Å²) in [5.74, 6) is 0.530. The molecule has 1 saturated carbocycles. The van der Waals surface area contributed by atoms with E-state index in [-0.39, 0.29) is 5.97 Å². The third kappa shape index (κ3) is 3.16. The molecule has 1 fully saturated rings. The summed E-state index contributed by atoms with van der Waals surface area (Å²) < 4.78 is 5.27. The van der Waals surface area contributed by atoms with Crippen molar-refractivity contribution in [3.05, 3.63) is 35.4 Å². The maximum absolute atomic E-state index is 12.4. The fourth-order valence-electron chi connectivity index (χ4n) is 2.36. The van der Waals surface area contributed by atoms with Crippen molar-refractivity contribution in [1.29, 1.82) is 0 Å². The van der Waals surface area contributed by atoms with E-state index in [2.05, 4.69) is 5.32 Å². The molecule has 2 rings (SSSR count). The number of nitrogens with one attached hydrogen (secondary N) is 1. The van der Waals surface area contributed by atoms with Gasteiger partial charge in [0.05, 0.1) is 6.61 Å². The van der Waals surface area contributed by atoms with Crippen LogP contribution < -0.4 is 5.32 Å². The van der Waals surface area contributed by atoms with Gasteiger partial charge in [0.25, 0.3) is 0 Å². The Balaban J connectivity index is 2.26. The van der Waals surface area contributed by atoms with Crippen LogP contribution in [0.1, 0.15) is 37.8 Å². The molecule has 0 spiro atoms. The van der Waals surface area contributed by atoms with Crippen LogP contribution in [0.2, 0.25) is 0 Å². The molecule has 1 aliphatic rings. The van der Waals surface area contributed by atoms with Gasteiger partial charge in [-0.05, 0) is 57.2 Å². The molecule has 1 atom stereocenters. The maximum Gasteiger partial charge on any atom is 0.330 e. The Morgan fingerprint density at radius 1 is 1.42 bits per heavy atom. The van der Waals surface area contributed by atoms with Crippen molar-refractivity contribution in [2.45, 2.75) is 39.2 Å². The van der Waals surface area contributed by atoms with Crippen LogP contribution in [0, 0.1) is 12.8 Å². The van der Waals surface area contributed by atoms with Crippen LogP contribution >= 0.6 is 0 Å². The zero-order valence-corrected chi connectivity index (χ0v) is 12.0. The van der Waals surface area contributed by atoms with E-state index in [1.54, 1.807) is 0 Å². The van der Waals surface area contributed by atoms with E-state index in [0.29, 0.717) is 6.61 Å². The summed E-state index contributed by atoms with van der Waals surface area (Å²) in [5.41, 5.74) is 1.37. The van der Waals surface area contributed by atoms with Gasteiger partial charge in [0, 0.05) is 0 Å². The Kier molecular flexibility index (Phi) is 4.25. The van der Waals surface area contributed by atoms with Crippen LogP contribution in [0.15, 0.2) is 24.3 Å². The number of benzene rings is 1. The first-order valence-electron chi connectivity index (χ1n) is 7.06. The first kappa shape index (κ1) is 14.1. The first-order chi connectivity index (χ1) is 9.08. The summed E-state index contributed by atoms with van der Waals surface area (Å²) in [4.78, 5) is 12.4. The second-order valence-corrected chi connectivity index (χ2v) is 5.48. The molecule has 104 valence electrons. The minimum Gasteiger partial charge on any atom is -0.464 e. The van der Waals surface area contributed by atoms with Crippen LogP contribution in [-0.2, 0) is 15.1 Å². The summed E-state index contributed by atoms with van der Waals surface area (Å²) in [6.45, 7) is 7.09. The number of rotatable bonds is 6. The van der Waals surface area contributed by atoms with Crippen LogP contribution in [-0.4, -0.2) is 19.1 Å². The predicted molar refractivity (Wildman–Crippen MR) is 75.9 cm³/mol. The molecule has 1 aromatic carbocycles. The van der Waals surface area contributed by atoms with Crippen molar-refractivity contribution in [2.75, 3.05) is 13.2 Å². The van der Waals surface area contributed by atoms with Gasteiger partial charge in [-0.1, -0.05) is 24.3 Å². The molecule has 1 unspecified atom stereocenters. The molecule has 0 amide bonds. The number of hydrogen-bond acceptors (Lipinski definition) is 3. The van der Waals surface area contributed by atoms with Gasteiger partial charge in [-0.2, -0.15) is 0 Å². The fraction of sp³-hybridized carbons (Fsp3) is 0.562. The molecule has 0 aromatic heterocycles. The van der Waals surface area contributed by atoms with E-state index in [9.17, 15) is 4.79 Å². The number of esters is 1. The van der Waals surface area contributed by atoms with Crippen molar-refractivity contribution in [1.82, 2.24) is 5.32 Å². The average Bonchev–Trinajstić information content (AvgIpc) is 3.21. The topological polar surface area (TPSA) is 38.3 Å². The zero-order valence-electron chi connectivity index (χ0n) is 12.0. The Morgan fingerprint density at radius 2 is 2.11 bits per heavy atom. The predicted octanol–water partition coefficient (Wildman–Crippen LogP) is 2.77. The van der Waals surface area contributed by atoms with Gasteiger partial charge in [0.2, 0.25) is 0 Å². The van der Waals surface area contributed by atoms with E-state index in [0.717, 1.165) is 23.6 Å². The molecule has 0 heterocycles. The molecule has 0 saturated heterocycles. The molecule has 1 aliphatic carbocycles. The van der Waals surface area contributed by atoms with Gasteiger partial charge in [0.15, 0.2) is 0 Å². The summed E-state index contributed by atoms with van der Waals surface area (Å²) >= 11 is 0. The highest BCUT2D eigenvalue weighted by Crippen LogP contribution is 2.31. The highest BCUT2D eigenvalue weighted by atomic mass is 16.5. The largest absolute Gasteiger partial charge is 0.464 e. The van der Waals surface area contributed by atoms with Crippen molar-refractivity contribution in [3.63, 3.8) is 0 Å². The van der Waals surface area contributed by atoms with E-state index in [4.69, 9.17) is 4.74 Å². The van der Waals surface area contributed by atoms with Gasteiger partial charge >= 0.3 is 5.97 Å². The monoisotopic (exact) mass is 261 g/mol. The standard InChI is InChI=1S/C16H23NO2/c1-4-19-15(18)16(3,17-11-13-9-10-13)14-8-6-5-7-12(14)2/h5-8,13,17H,4,9-11H2,1-3H3. The van der Waals surface area contributed by atoms with Crippen molar-refractivity contribution in [2.24, 2.45) is 5.92 Å². The van der Waals surface area contributed by atoms with Crippen LogP contribution in [0.5, 0.6) is 0 Å². The number of ether oxygens (including phenoxy) is 1. The average molecular weight is 261 g/mol. The molecular formula is C16H23NO2. The van der Waals surface area contributed by atoms with Crippen LogP contribution in [0.25, 0.3) is 0 Å². The summed E-state index contributed by atoms with van der Waals surface area (Å²) in [7, 11) is 0. The fourth-order valence-corrected chi connectivity index (χ4v) is 2.36. The van der Waals surface area contributed by atoms with E-state index in [1.165, 1.54) is 12.8 Å². The number of hydrogen-bond donors (Lipinski definition) is 1. The Hall–Kier alpha value is -1.35. The van der Waals surface area contributed by atoms with E-state index >= 15 is 0 Å². The zero-order chi connectivity index (χ0) is 13.9. The molecule has 1 N–H and O–H groups in total. The highest BCUT2D eigenvalue weighted by molar-refractivity contribution is 5.82. The van der Waals surface area contributed by atoms with Gasteiger partial charge in [-0.15, -0.1) is 0 Å². The molecule has 19 heavy (non-hydrogen) atoms. The van der Waals surface area contributed by atoms with Gasteiger partial charge in [0.1, 0.15) is 5.54 Å². The molecular weight excluding hydrogens is 238 g/mol. The van der Waals surface area contributed by atoms with Gasteiger partial charge < -0.3 is 4.74 Å². The molecule has 3 nitrogen and oxygen atoms in total. The second kappa shape index (κ2) is 5.74. The lowest BCUT2D eigenvalue weighted by Crippen LogP contribution is -2.49. The second-order valence-electron chi connectivity index (χ2n) is 5.48. The number of carbonyl (C=O) groups excluding carboxylic acids is 1. The van der Waals surface area contributed by atoms with E-state index in [1.807, 2.05) is 45.0 Å². The van der Waals surface area contributed by atoms with Crippen molar-refractivity contribution >= 4 is 5.97 Å². The Morgan fingerprint density at radius 3 is 2.68 bits per heavy atom. The lowest BCUT2D eigenvalue weighted by atomic mass is 9.88. The van der Waals surface area contributed by atoms with Crippen LogP contribution in [0.3, 0.4) is 0 Å².